The van der Waals surface area contributed by atoms with Crippen LogP contribution in [-0.4, -0.2) is 37.6 Å². The average Bonchev–Trinajstić information content (AvgIpc) is 2.44. The quantitative estimate of drug-likeness (QED) is 0.433. The van der Waals surface area contributed by atoms with Crippen molar-refractivity contribution in [1.29, 1.82) is 0 Å². The Morgan fingerprint density at radius 3 is 2.55 bits per heavy atom. The fourth-order valence-corrected chi connectivity index (χ4v) is 1.88. The maximum absolute atomic E-state index is 6.02. The largest absolute Gasteiger partial charge is 0.490 e. The normalized spacial score (nSPS) is 12.4. The van der Waals surface area contributed by atoms with Crippen molar-refractivity contribution in [2.75, 3.05) is 20.6 Å². The minimum absolute atomic E-state index is 0. The maximum atomic E-state index is 6.02. The minimum Gasteiger partial charge on any atom is -0.490 e. The Morgan fingerprint density at radius 2 is 2.00 bits per heavy atom. The number of hydrogen-bond donors (Lipinski definition) is 1. The molecule has 0 bridgehead atoms. The van der Waals surface area contributed by atoms with Gasteiger partial charge in [-0.2, -0.15) is 0 Å². The van der Waals surface area contributed by atoms with Crippen molar-refractivity contribution in [3.63, 3.8) is 0 Å². The molecule has 0 heterocycles. The molecule has 0 aliphatic rings. The Morgan fingerprint density at radius 1 is 1.32 bits per heavy atom. The van der Waals surface area contributed by atoms with Gasteiger partial charge in [-0.05, 0) is 38.8 Å². The molecule has 4 nitrogen and oxygen atoms in total. The van der Waals surface area contributed by atoms with E-state index < -0.39 is 0 Å². The van der Waals surface area contributed by atoms with E-state index in [1.54, 1.807) is 0 Å². The Hall–Kier alpha value is -0.980. The van der Waals surface area contributed by atoms with Gasteiger partial charge in [-0.1, -0.05) is 19.1 Å². The lowest BCUT2D eigenvalue weighted by Gasteiger charge is -2.18. The fourth-order valence-electron chi connectivity index (χ4n) is 1.88. The maximum Gasteiger partial charge on any atom is 0.193 e. The molecule has 0 amide bonds. The van der Waals surface area contributed by atoms with Crippen LogP contribution in [0.5, 0.6) is 5.75 Å². The van der Waals surface area contributed by atoms with Gasteiger partial charge in [0.2, 0.25) is 0 Å². The average molecular weight is 419 g/mol. The highest BCUT2D eigenvalue weighted by Gasteiger charge is 2.08. The number of aryl methyl sites for hydroxylation is 1. The molecule has 0 fully saturated rings. The van der Waals surface area contributed by atoms with Crippen molar-refractivity contribution < 1.29 is 4.74 Å². The zero-order valence-corrected chi connectivity index (χ0v) is 17.0. The molecular formula is C17H30IN3O. The van der Waals surface area contributed by atoms with Crippen LogP contribution in [0.25, 0.3) is 0 Å². The summed E-state index contributed by atoms with van der Waals surface area (Å²) in [7, 11) is 3.99. The molecule has 0 aromatic heterocycles. The third-order valence-electron chi connectivity index (χ3n) is 3.28. The molecule has 0 aliphatic carbocycles. The minimum atomic E-state index is 0. The first-order valence-corrected chi connectivity index (χ1v) is 7.69. The number of benzene rings is 1. The summed E-state index contributed by atoms with van der Waals surface area (Å²) >= 11 is 0. The summed E-state index contributed by atoms with van der Waals surface area (Å²) in [6, 6.07) is 6.31. The monoisotopic (exact) mass is 419 g/mol. The number of rotatable bonds is 6. The lowest BCUT2D eigenvalue weighted by atomic mass is 10.1. The van der Waals surface area contributed by atoms with E-state index in [4.69, 9.17) is 4.74 Å². The van der Waals surface area contributed by atoms with Gasteiger partial charge < -0.3 is 15.0 Å². The van der Waals surface area contributed by atoms with Crippen molar-refractivity contribution >= 4 is 29.9 Å². The van der Waals surface area contributed by atoms with Crippen LogP contribution < -0.4 is 10.1 Å². The summed E-state index contributed by atoms with van der Waals surface area (Å²) in [6.45, 7) is 9.86. The Kier molecular flexibility index (Phi) is 10.2. The molecule has 1 rings (SSSR count). The third-order valence-corrected chi connectivity index (χ3v) is 3.28. The van der Waals surface area contributed by atoms with Gasteiger partial charge in [0.05, 0.1) is 12.6 Å². The molecule has 1 N–H and O–H groups in total. The van der Waals surface area contributed by atoms with Crippen molar-refractivity contribution in [2.45, 2.75) is 46.8 Å². The first-order chi connectivity index (χ1) is 9.97. The van der Waals surface area contributed by atoms with Crippen molar-refractivity contribution in [1.82, 2.24) is 10.2 Å². The van der Waals surface area contributed by atoms with Crippen molar-refractivity contribution in [3.05, 3.63) is 29.3 Å². The predicted octanol–water partition coefficient (Wildman–Crippen LogP) is 3.82. The highest BCUT2D eigenvalue weighted by atomic mass is 127. The lowest BCUT2D eigenvalue weighted by Crippen LogP contribution is -2.36. The van der Waals surface area contributed by atoms with Crippen LogP contribution in [0.2, 0.25) is 0 Å². The summed E-state index contributed by atoms with van der Waals surface area (Å²) < 4.78 is 6.02. The van der Waals surface area contributed by atoms with E-state index >= 15 is 0 Å². The van der Waals surface area contributed by atoms with Gasteiger partial charge in [0.25, 0.3) is 0 Å². The van der Waals surface area contributed by atoms with Crippen LogP contribution in [0, 0.1) is 6.92 Å². The van der Waals surface area contributed by atoms with E-state index in [1.807, 2.05) is 19.0 Å². The zero-order chi connectivity index (χ0) is 15.8. The van der Waals surface area contributed by atoms with Crippen molar-refractivity contribution in [2.24, 2.45) is 4.99 Å². The summed E-state index contributed by atoms with van der Waals surface area (Å²) in [4.78, 5) is 6.65. The van der Waals surface area contributed by atoms with Crippen LogP contribution in [0.3, 0.4) is 0 Å². The number of halogens is 1. The lowest BCUT2D eigenvalue weighted by molar-refractivity contribution is 0.215. The van der Waals surface area contributed by atoms with Crippen LogP contribution >= 0.6 is 24.0 Å². The van der Waals surface area contributed by atoms with Gasteiger partial charge >= 0.3 is 0 Å². The van der Waals surface area contributed by atoms with Gasteiger partial charge in [0, 0.05) is 26.2 Å². The van der Waals surface area contributed by atoms with Gasteiger partial charge in [-0.25, -0.2) is 4.99 Å². The summed E-state index contributed by atoms with van der Waals surface area (Å²) in [6.07, 6.45) is 1.22. The van der Waals surface area contributed by atoms with Crippen LogP contribution in [-0.2, 0) is 6.54 Å². The predicted molar refractivity (Wildman–Crippen MR) is 105 cm³/mol. The molecular weight excluding hydrogens is 389 g/mol. The first-order valence-electron chi connectivity index (χ1n) is 7.69. The molecule has 0 radical (unpaired) electrons. The second kappa shape index (κ2) is 10.7. The Labute approximate surface area is 152 Å². The second-order valence-corrected chi connectivity index (χ2v) is 5.51. The molecule has 22 heavy (non-hydrogen) atoms. The number of nitrogens with zero attached hydrogens (tertiary/aromatic N) is 2. The van der Waals surface area contributed by atoms with E-state index in [0.29, 0.717) is 6.54 Å². The standard InChI is InChI=1S/C17H29N3O.HI/c1-7-14(4)21-16-11-13(3)9-10-15(16)12-19-17(18-8-2)20(5)6;/h9-11,14H,7-8,12H2,1-6H3,(H,18,19);1H. The molecule has 1 atom stereocenters. The van der Waals surface area contributed by atoms with E-state index in [9.17, 15) is 0 Å². The summed E-state index contributed by atoms with van der Waals surface area (Å²) in [5.74, 6) is 1.84. The number of nitrogens with one attached hydrogen (secondary N) is 1. The number of aliphatic imine (C=N–C) groups is 1. The molecule has 0 spiro atoms. The zero-order valence-electron chi connectivity index (χ0n) is 14.6. The highest BCUT2D eigenvalue weighted by Crippen LogP contribution is 2.23. The molecule has 1 aromatic rings. The van der Waals surface area contributed by atoms with Gasteiger partial charge in [0.1, 0.15) is 5.75 Å². The summed E-state index contributed by atoms with van der Waals surface area (Å²) in [5, 5.41) is 3.27. The van der Waals surface area contributed by atoms with Gasteiger partial charge in [0.15, 0.2) is 5.96 Å². The molecule has 0 saturated carbocycles. The second-order valence-electron chi connectivity index (χ2n) is 5.51. The van der Waals surface area contributed by atoms with E-state index in [1.165, 1.54) is 5.56 Å². The van der Waals surface area contributed by atoms with Gasteiger partial charge in [-0.15, -0.1) is 24.0 Å². The van der Waals surface area contributed by atoms with Crippen molar-refractivity contribution in [3.8, 4) is 5.75 Å². The summed E-state index contributed by atoms with van der Waals surface area (Å²) in [5.41, 5.74) is 2.33. The molecule has 0 saturated heterocycles. The first kappa shape index (κ1) is 21.0. The van der Waals surface area contributed by atoms with E-state index in [2.05, 4.69) is 56.2 Å². The Bertz CT molecular complexity index is 475. The molecule has 1 unspecified atom stereocenters. The highest BCUT2D eigenvalue weighted by molar-refractivity contribution is 14.0. The molecule has 1 aromatic carbocycles. The van der Waals surface area contributed by atoms with Gasteiger partial charge in [-0.3, -0.25) is 0 Å². The van der Waals surface area contributed by atoms with E-state index in [-0.39, 0.29) is 30.1 Å². The van der Waals surface area contributed by atoms with E-state index in [0.717, 1.165) is 30.2 Å². The number of ether oxygens (including phenoxy) is 1. The van der Waals surface area contributed by atoms with Crippen LogP contribution in [0.1, 0.15) is 38.3 Å². The molecule has 0 aliphatic heterocycles. The fraction of sp³-hybridized carbons (Fsp3) is 0.588. The van der Waals surface area contributed by atoms with Crippen LogP contribution in [0.15, 0.2) is 23.2 Å². The smallest absolute Gasteiger partial charge is 0.193 e. The molecule has 126 valence electrons. The molecule has 5 heteroatoms. The topological polar surface area (TPSA) is 36.9 Å². The van der Waals surface area contributed by atoms with Crippen LogP contribution in [0.4, 0.5) is 0 Å². The third kappa shape index (κ3) is 6.85. The number of guanidine groups is 1. The SMILES string of the molecule is CCNC(=NCc1ccc(C)cc1OC(C)CC)N(C)C.I. The Balaban J connectivity index is 0.00000441. The number of hydrogen-bond acceptors (Lipinski definition) is 2.